The van der Waals surface area contributed by atoms with Crippen molar-refractivity contribution < 1.29 is 18.0 Å². The number of carbonyl (C=O) groups excluding carboxylic acids is 1. The number of anilines is 2. The van der Waals surface area contributed by atoms with E-state index >= 15 is 0 Å². The molecule has 1 heterocycles. The van der Waals surface area contributed by atoms with Crippen LogP contribution in [0.25, 0.3) is 11.4 Å². The van der Waals surface area contributed by atoms with Crippen LogP contribution in [0.4, 0.5) is 29.3 Å². The van der Waals surface area contributed by atoms with E-state index in [0.29, 0.717) is 16.8 Å². The lowest BCUT2D eigenvalue weighted by Gasteiger charge is -2.13. The number of alkyl halides is 3. The van der Waals surface area contributed by atoms with E-state index < -0.39 is 17.8 Å². The SMILES string of the molecule is Cc1cc(NC(=O)Nc2ccc(C)cc2-c2nn[nH]n2)cc(C(F)(F)F)c1. The van der Waals surface area contributed by atoms with E-state index in [-0.39, 0.29) is 11.5 Å². The average Bonchev–Trinajstić information content (AvgIpc) is 3.09. The number of tetrazole rings is 1. The summed E-state index contributed by atoms with van der Waals surface area (Å²) in [5, 5.41) is 18.6. The number of hydrogen-bond donors (Lipinski definition) is 3. The van der Waals surface area contributed by atoms with E-state index in [1.54, 1.807) is 18.2 Å². The fourth-order valence-electron chi connectivity index (χ4n) is 2.53. The summed E-state index contributed by atoms with van der Waals surface area (Å²) in [6.07, 6.45) is -4.50. The van der Waals surface area contributed by atoms with Gasteiger partial charge in [-0.2, -0.15) is 18.4 Å². The molecule has 0 bridgehead atoms. The molecule has 0 radical (unpaired) electrons. The summed E-state index contributed by atoms with van der Waals surface area (Å²) in [6.45, 7) is 3.38. The molecular weight excluding hydrogens is 361 g/mol. The zero-order chi connectivity index (χ0) is 19.6. The lowest BCUT2D eigenvalue weighted by atomic mass is 10.1. The second-order valence-electron chi connectivity index (χ2n) is 5.95. The quantitative estimate of drug-likeness (QED) is 0.640. The van der Waals surface area contributed by atoms with Crippen LogP contribution in [0.2, 0.25) is 0 Å². The van der Waals surface area contributed by atoms with E-state index in [1.807, 2.05) is 6.92 Å². The maximum absolute atomic E-state index is 12.9. The van der Waals surface area contributed by atoms with E-state index in [2.05, 4.69) is 31.3 Å². The van der Waals surface area contributed by atoms with Crippen LogP contribution in [0.15, 0.2) is 36.4 Å². The molecule has 0 atom stereocenters. The first kappa shape index (κ1) is 18.4. The Bertz CT molecular complexity index is 969. The van der Waals surface area contributed by atoms with E-state index in [9.17, 15) is 18.0 Å². The predicted molar refractivity (Wildman–Crippen MR) is 93.2 cm³/mol. The largest absolute Gasteiger partial charge is 0.416 e. The molecule has 0 unspecified atom stereocenters. The first-order valence-electron chi connectivity index (χ1n) is 7.84. The lowest BCUT2D eigenvalue weighted by Crippen LogP contribution is -2.20. The minimum absolute atomic E-state index is 0.0352. The van der Waals surface area contributed by atoms with Gasteiger partial charge in [-0.05, 0) is 55.0 Å². The van der Waals surface area contributed by atoms with Crippen molar-refractivity contribution in [3.05, 3.63) is 53.1 Å². The average molecular weight is 376 g/mol. The Hall–Kier alpha value is -3.43. The smallest absolute Gasteiger partial charge is 0.308 e. The third kappa shape index (κ3) is 4.40. The Kier molecular flexibility index (Phi) is 4.80. The van der Waals surface area contributed by atoms with Crippen molar-refractivity contribution in [1.82, 2.24) is 20.6 Å². The van der Waals surface area contributed by atoms with E-state index in [4.69, 9.17) is 0 Å². The van der Waals surface area contributed by atoms with Gasteiger partial charge in [-0.3, -0.25) is 0 Å². The van der Waals surface area contributed by atoms with Crippen molar-refractivity contribution >= 4 is 17.4 Å². The Labute approximate surface area is 152 Å². The summed E-state index contributed by atoms with van der Waals surface area (Å²) in [5.74, 6) is 0.281. The number of hydrogen-bond acceptors (Lipinski definition) is 4. The number of aromatic nitrogens is 4. The van der Waals surface area contributed by atoms with Crippen molar-refractivity contribution in [2.24, 2.45) is 0 Å². The van der Waals surface area contributed by atoms with Crippen molar-refractivity contribution in [3.63, 3.8) is 0 Å². The molecule has 2 amide bonds. The molecule has 1 aromatic heterocycles. The molecule has 0 fully saturated rings. The maximum Gasteiger partial charge on any atom is 0.416 e. The number of carbonyl (C=O) groups is 1. The number of halogens is 3. The van der Waals surface area contributed by atoms with Gasteiger partial charge in [0.1, 0.15) is 0 Å². The number of rotatable bonds is 3. The van der Waals surface area contributed by atoms with Crippen LogP contribution in [-0.2, 0) is 6.18 Å². The zero-order valence-corrected chi connectivity index (χ0v) is 14.3. The number of nitrogens with zero attached hydrogens (tertiary/aromatic N) is 3. The molecular formula is C17H15F3N6O. The summed E-state index contributed by atoms with van der Waals surface area (Å²) < 4.78 is 38.8. The van der Waals surface area contributed by atoms with Gasteiger partial charge >= 0.3 is 12.2 Å². The third-order valence-corrected chi connectivity index (χ3v) is 3.67. The minimum atomic E-state index is -4.50. The van der Waals surface area contributed by atoms with Gasteiger partial charge in [-0.15, -0.1) is 10.2 Å². The number of urea groups is 1. The van der Waals surface area contributed by atoms with Gasteiger partial charge in [0.2, 0.25) is 5.82 Å². The van der Waals surface area contributed by atoms with Gasteiger partial charge in [-0.1, -0.05) is 11.6 Å². The Morgan fingerprint density at radius 2 is 1.81 bits per heavy atom. The molecule has 0 aliphatic rings. The number of aromatic amines is 1. The number of amides is 2. The molecule has 140 valence electrons. The number of aryl methyl sites for hydroxylation is 2. The van der Waals surface area contributed by atoms with Crippen molar-refractivity contribution in [1.29, 1.82) is 0 Å². The van der Waals surface area contributed by atoms with Crippen LogP contribution in [0.3, 0.4) is 0 Å². The standard InChI is InChI=1S/C17H15F3N6O/c1-9-3-4-14(13(7-9)15-23-25-26-24-15)22-16(27)21-12-6-10(2)5-11(8-12)17(18,19)20/h3-8H,1-2H3,(H2,21,22,27)(H,23,24,25,26). The molecule has 0 aliphatic carbocycles. The highest BCUT2D eigenvalue weighted by atomic mass is 19.4. The van der Waals surface area contributed by atoms with Crippen molar-refractivity contribution in [2.75, 3.05) is 10.6 Å². The molecule has 0 aliphatic heterocycles. The van der Waals surface area contributed by atoms with E-state index in [0.717, 1.165) is 17.7 Å². The van der Waals surface area contributed by atoms with Gasteiger partial charge in [-0.25, -0.2) is 4.79 Å². The molecule has 7 nitrogen and oxygen atoms in total. The Morgan fingerprint density at radius 1 is 1.04 bits per heavy atom. The fourth-order valence-corrected chi connectivity index (χ4v) is 2.53. The molecule has 0 saturated carbocycles. The van der Waals surface area contributed by atoms with Crippen LogP contribution in [0.1, 0.15) is 16.7 Å². The van der Waals surface area contributed by atoms with Crippen LogP contribution in [-0.4, -0.2) is 26.7 Å². The van der Waals surface area contributed by atoms with Crippen molar-refractivity contribution in [3.8, 4) is 11.4 Å². The highest BCUT2D eigenvalue weighted by Crippen LogP contribution is 2.32. The molecule has 2 aromatic carbocycles. The number of benzene rings is 2. The summed E-state index contributed by atoms with van der Waals surface area (Å²) in [6, 6.07) is 7.83. The Morgan fingerprint density at radius 3 is 2.48 bits per heavy atom. The summed E-state index contributed by atoms with van der Waals surface area (Å²) in [5.41, 5.74) is 1.41. The van der Waals surface area contributed by atoms with Gasteiger partial charge in [0.05, 0.1) is 11.3 Å². The molecule has 3 aromatic rings. The minimum Gasteiger partial charge on any atom is -0.308 e. The highest BCUT2D eigenvalue weighted by Gasteiger charge is 2.31. The monoisotopic (exact) mass is 376 g/mol. The summed E-state index contributed by atoms with van der Waals surface area (Å²) in [4.78, 5) is 12.3. The predicted octanol–water partition coefficient (Wildman–Crippen LogP) is 4.15. The normalized spacial score (nSPS) is 11.3. The summed E-state index contributed by atoms with van der Waals surface area (Å²) >= 11 is 0. The summed E-state index contributed by atoms with van der Waals surface area (Å²) in [7, 11) is 0. The molecule has 0 spiro atoms. The zero-order valence-electron chi connectivity index (χ0n) is 14.3. The van der Waals surface area contributed by atoms with Crippen molar-refractivity contribution in [2.45, 2.75) is 20.0 Å². The van der Waals surface area contributed by atoms with Crippen LogP contribution in [0, 0.1) is 13.8 Å². The molecule has 3 N–H and O–H groups in total. The number of H-pyrrole nitrogens is 1. The molecule has 3 rings (SSSR count). The fraction of sp³-hybridized carbons (Fsp3) is 0.176. The second-order valence-corrected chi connectivity index (χ2v) is 5.95. The van der Waals surface area contributed by atoms with Crippen LogP contribution >= 0.6 is 0 Å². The molecule has 10 heteroatoms. The first-order valence-corrected chi connectivity index (χ1v) is 7.84. The first-order chi connectivity index (χ1) is 12.7. The van der Waals surface area contributed by atoms with E-state index in [1.165, 1.54) is 13.0 Å². The van der Waals surface area contributed by atoms with Gasteiger partial charge < -0.3 is 10.6 Å². The molecule has 0 saturated heterocycles. The highest BCUT2D eigenvalue weighted by molar-refractivity contribution is 6.02. The number of nitrogens with one attached hydrogen (secondary N) is 3. The second kappa shape index (κ2) is 7.06. The third-order valence-electron chi connectivity index (χ3n) is 3.67. The van der Waals surface area contributed by atoms with Crippen LogP contribution < -0.4 is 10.6 Å². The van der Waals surface area contributed by atoms with Crippen LogP contribution in [0.5, 0.6) is 0 Å². The maximum atomic E-state index is 12.9. The lowest BCUT2D eigenvalue weighted by molar-refractivity contribution is -0.137. The van der Waals surface area contributed by atoms with Gasteiger partial charge in [0.25, 0.3) is 0 Å². The van der Waals surface area contributed by atoms with Gasteiger partial charge in [0, 0.05) is 11.3 Å². The topological polar surface area (TPSA) is 95.6 Å². The Balaban J connectivity index is 1.83. The van der Waals surface area contributed by atoms with Gasteiger partial charge in [0.15, 0.2) is 0 Å². The molecule has 27 heavy (non-hydrogen) atoms.